The molecule has 0 aromatic heterocycles. The minimum atomic E-state index is -0.133. The molecule has 26 heavy (non-hydrogen) atoms. The van der Waals surface area contributed by atoms with Crippen LogP contribution in [-0.2, 0) is 0 Å². The Morgan fingerprint density at radius 1 is 1.12 bits per heavy atom. The van der Waals surface area contributed by atoms with Gasteiger partial charge in [-0.05, 0) is 42.9 Å². The van der Waals surface area contributed by atoms with E-state index in [0.29, 0.717) is 22.8 Å². The zero-order chi connectivity index (χ0) is 17.5. The molecule has 0 heterocycles. The quantitative estimate of drug-likeness (QED) is 0.647. The van der Waals surface area contributed by atoms with E-state index in [1.165, 1.54) is 0 Å². The van der Waals surface area contributed by atoms with E-state index in [0.717, 1.165) is 18.7 Å². The van der Waals surface area contributed by atoms with Crippen LogP contribution in [0.5, 0.6) is 0 Å². The van der Waals surface area contributed by atoms with E-state index >= 15 is 0 Å². The second-order valence-corrected chi connectivity index (χ2v) is 6.00. The van der Waals surface area contributed by atoms with Crippen molar-refractivity contribution in [3.8, 4) is 0 Å². The van der Waals surface area contributed by atoms with Gasteiger partial charge in [0, 0.05) is 22.8 Å². The van der Waals surface area contributed by atoms with Crippen LogP contribution in [0.2, 0.25) is 5.02 Å². The first kappa shape index (κ1) is 24.5. The van der Waals surface area contributed by atoms with Gasteiger partial charge >= 0.3 is 0 Å². The summed E-state index contributed by atoms with van der Waals surface area (Å²) in [4.78, 5) is 14.7. The van der Waals surface area contributed by atoms with Gasteiger partial charge in [-0.3, -0.25) is 9.69 Å². The predicted molar refractivity (Wildman–Crippen MR) is 115 cm³/mol. The third-order valence-electron chi connectivity index (χ3n) is 4.12. The van der Waals surface area contributed by atoms with Gasteiger partial charge in [-0.1, -0.05) is 49.7 Å². The van der Waals surface area contributed by atoms with E-state index in [-0.39, 0.29) is 36.8 Å². The van der Waals surface area contributed by atoms with E-state index in [4.69, 9.17) is 17.3 Å². The fourth-order valence-electron chi connectivity index (χ4n) is 2.82. The highest BCUT2D eigenvalue weighted by atomic mass is 35.5. The normalized spacial score (nSPS) is 11.2. The van der Waals surface area contributed by atoms with Crippen LogP contribution in [0.3, 0.4) is 0 Å². The number of hydrogen-bond acceptors (Lipinski definition) is 3. The van der Waals surface area contributed by atoms with Gasteiger partial charge < -0.3 is 11.1 Å². The summed E-state index contributed by atoms with van der Waals surface area (Å²) in [5, 5.41) is 3.72. The lowest BCUT2D eigenvalue weighted by Gasteiger charge is -2.31. The molecule has 0 bridgehead atoms. The molecule has 2 aromatic carbocycles. The van der Waals surface area contributed by atoms with Gasteiger partial charge in [0.1, 0.15) is 0 Å². The predicted octanol–water partition coefficient (Wildman–Crippen LogP) is 4.58. The highest BCUT2D eigenvalue weighted by Gasteiger charge is 2.21. The van der Waals surface area contributed by atoms with Crippen LogP contribution in [0.4, 0.5) is 5.69 Å². The van der Waals surface area contributed by atoms with E-state index in [1.807, 2.05) is 24.3 Å². The topological polar surface area (TPSA) is 58.4 Å². The minimum absolute atomic E-state index is 0. The van der Waals surface area contributed by atoms with Gasteiger partial charge in [0.2, 0.25) is 0 Å². The maximum Gasteiger partial charge on any atom is 0.251 e. The van der Waals surface area contributed by atoms with Gasteiger partial charge in [-0.2, -0.15) is 0 Å². The average molecular weight is 419 g/mol. The van der Waals surface area contributed by atoms with E-state index in [1.54, 1.807) is 24.3 Å². The molecule has 4 nitrogen and oxygen atoms in total. The number of nitrogens with one attached hydrogen (secondary N) is 1. The fraction of sp³-hybridized carbons (Fsp3) is 0.316. The van der Waals surface area contributed by atoms with Crippen molar-refractivity contribution in [2.75, 3.05) is 25.4 Å². The third-order valence-corrected chi connectivity index (χ3v) is 4.47. The van der Waals surface area contributed by atoms with Crippen molar-refractivity contribution in [2.45, 2.75) is 19.9 Å². The van der Waals surface area contributed by atoms with E-state index in [2.05, 4.69) is 24.1 Å². The largest absolute Gasteiger partial charge is 0.399 e. The number of nitrogens with two attached hydrogens (primary N) is 1. The number of nitrogen functional groups attached to an aromatic ring is 1. The minimum Gasteiger partial charge on any atom is -0.399 e. The van der Waals surface area contributed by atoms with Crippen molar-refractivity contribution < 1.29 is 4.79 Å². The molecule has 0 spiro atoms. The maximum absolute atomic E-state index is 12.4. The Kier molecular flexibility index (Phi) is 11.3. The van der Waals surface area contributed by atoms with Crippen molar-refractivity contribution in [2.24, 2.45) is 0 Å². The van der Waals surface area contributed by atoms with Crippen LogP contribution >= 0.6 is 36.4 Å². The SMILES string of the molecule is CCN(CC)C(CNC(=O)c1cccc(N)c1)c1ccccc1Cl.Cl.Cl. The number of carbonyl (C=O) groups excluding carboxylic acids is 1. The Balaban J connectivity index is 0.00000312. The van der Waals surface area contributed by atoms with Crippen molar-refractivity contribution in [3.05, 3.63) is 64.7 Å². The number of nitrogens with zero attached hydrogens (tertiary/aromatic N) is 1. The summed E-state index contributed by atoms with van der Waals surface area (Å²) in [5.74, 6) is -0.133. The first-order chi connectivity index (χ1) is 11.6. The molecular formula is C19H26Cl3N3O. The lowest BCUT2D eigenvalue weighted by Crippen LogP contribution is -2.38. The van der Waals surface area contributed by atoms with Crippen molar-refractivity contribution >= 4 is 48.0 Å². The molecule has 144 valence electrons. The smallest absolute Gasteiger partial charge is 0.251 e. The third kappa shape index (κ3) is 6.36. The van der Waals surface area contributed by atoms with Crippen LogP contribution in [0.15, 0.2) is 48.5 Å². The molecule has 2 aromatic rings. The van der Waals surface area contributed by atoms with Crippen LogP contribution in [0.25, 0.3) is 0 Å². The van der Waals surface area contributed by atoms with Gasteiger partial charge in [-0.25, -0.2) is 0 Å². The number of carbonyl (C=O) groups is 1. The zero-order valence-corrected chi connectivity index (χ0v) is 17.3. The van der Waals surface area contributed by atoms with Crippen LogP contribution in [0, 0.1) is 0 Å². The average Bonchev–Trinajstić information content (AvgIpc) is 2.59. The summed E-state index contributed by atoms with van der Waals surface area (Å²) in [6, 6.07) is 14.8. The summed E-state index contributed by atoms with van der Waals surface area (Å²) in [6.07, 6.45) is 0. The summed E-state index contributed by atoms with van der Waals surface area (Å²) in [7, 11) is 0. The summed E-state index contributed by atoms with van der Waals surface area (Å²) in [6.45, 7) is 6.44. The van der Waals surface area contributed by atoms with Crippen molar-refractivity contribution in [3.63, 3.8) is 0 Å². The standard InChI is InChI=1S/C19H24ClN3O.2ClH/c1-3-23(4-2)18(16-10-5-6-11-17(16)20)13-22-19(24)14-8-7-9-15(21)12-14;;/h5-12,18H,3-4,13,21H2,1-2H3,(H,22,24);2*1H. The molecule has 0 aliphatic carbocycles. The van der Waals surface area contributed by atoms with Crippen LogP contribution in [-0.4, -0.2) is 30.4 Å². The molecule has 0 fully saturated rings. The maximum atomic E-state index is 12.4. The molecule has 3 N–H and O–H groups in total. The summed E-state index contributed by atoms with van der Waals surface area (Å²) < 4.78 is 0. The zero-order valence-electron chi connectivity index (χ0n) is 14.9. The van der Waals surface area contributed by atoms with E-state index in [9.17, 15) is 4.79 Å². The number of rotatable bonds is 7. The molecule has 1 unspecified atom stereocenters. The number of likely N-dealkylation sites (N-methyl/N-ethyl adjacent to an activating group) is 1. The molecule has 0 radical (unpaired) electrons. The lowest BCUT2D eigenvalue weighted by molar-refractivity contribution is 0.0935. The van der Waals surface area contributed by atoms with Gasteiger partial charge in [0.25, 0.3) is 5.91 Å². The second kappa shape index (κ2) is 12.0. The van der Waals surface area contributed by atoms with Gasteiger partial charge in [-0.15, -0.1) is 24.8 Å². The molecule has 0 saturated heterocycles. The second-order valence-electron chi connectivity index (χ2n) is 5.59. The molecule has 7 heteroatoms. The molecule has 0 aliphatic rings. The first-order valence-electron chi connectivity index (χ1n) is 8.19. The van der Waals surface area contributed by atoms with Crippen LogP contribution < -0.4 is 11.1 Å². The molecule has 0 aliphatic heterocycles. The Morgan fingerprint density at radius 2 is 1.77 bits per heavy atom. The highest BCUT2D eigenvalue weighted by Crippen LogP contribution is 2.27. The molecule has 1 amide bonds. The molecule has 2 rings (SSSR count). The van der Waals surface area contributed by atoms with Gasteiger partial charge in [0.15, 0.2) is 0 Å². The monoisotopic (exact) mass is 417 g/mol. The fourth-order valence-corrected chi connectivity index (χ4v) is 3.08. The number of halogens is 3. The Hall–Kier alpha value is -1.46. The number of hydrogen-bond donors (Lipinski definition) is 2. The Labute approximate surface area is 172 Å². The van der Waals surface area contributed by atoms with Crippen molar-refractivity contribution in [1.82, 2.24) is 10.2 Å². The summed E-state index contributed by atoms with van der Waals surface area (Å²) in [5.41, 5.74) is 7.91. The van der Waals surface area contributed by atoms with Crippen molar-refractivity contribution in [1.29, 1.82) is 0 Å². The Bertz CT molecular complexity index is 693. The van der Waals surface area contributed by atoms with E-state index < -0.39 is 0 Å². The molecule has 0 saturated carbocycles. The van der Waals surface area contributed by atoms with Crippen LogP contribution in [0.1, 0.15) is 35.8 Å². The molecule has 1 atom stereocenters. The van der Waals surface area contributed by atoms with Gasteiger partial charge in [0.05, 0.1) is 6.04 Å². The number of benzene rings is 2. The molecular weight excluding hydrogens is 393 g/mol. The lowest BCUT2D eigenvalue weighted by atomic mass is 10.0. The first-order valence-corrected chi connectivity index (χ1v) is 8.56. The Morgan fingerprint density at radius 3 is 2.35 bits per heavy atom. The number of anilines is 1. The highest BCUT2D eigenvalue weighted by molar-refractivity contribution is 6.31. The number of amides is 1. The summed E-state index contributed by atoms with van der Waals surface area (Å²) >= 11 is 6.37.